The minimum Gasteiger partial charge on any atom is -0.339 e. The molecule has 90 valence electrons. The third-order valence-electron chi connectivity index (χ3n) is 2.96. The van der Waals surface area contributed by atoms with Crippen molar-refractivity contribution in [2.75, 3.05) is 5.32 Å². The zero-order valence-electron chi connectivity index (χ0n) is 9.94. The number of fused-ring (bicyclic) bond motifs is 1. The van der Waals surface area contributed by atoms with Gasteiger partial charge in [-0.25, -0.2) is 4.39 Å². The summed E-state index contributed by atoms with van der Waals surface area (Å²) in [7, 11) is 0. The maximum Gasteiger partial charge on any atom is 0.152 e. The van der Waals surface area contributed by atoms with Crippen molar-refractivity contribution in [3.63, 3.8) is 0 Å². The van der Waals surface area contributed by atoms with Gasteiger partial charge in [-0.3, -0.25) is 9.98 Å². The molecule has 1 aliphatic rings. The summed E-state index contributed by atoms with van der Waals surface area (Å²) < 4.78 is 13.5. The molecule has 0 saturated heterocycles. The molecule has 2 heterocycles. The summed E-state index contributed by atoms with van der Waals surface area (Å²) >= 11 is 0. The number of benzene rings is 1. The van der Waals surface area contributed by atoms with E-state index in [9.17, 15) is 4.39 Å². The van der Waals surface area contributed by atoms with Gasteiger partial charge in [0, 0.05) is 17.4 Å². The van der Waals surface area contributed by atoms with Crippen molar-refractivity contribution in [1.82, 2.24) is 4.98 Å². The molecular weight excluding hydrogens is 229 g/mol. The molecule has 0 spiro atoms. The number of aryl methyl sites for hydroxylation is 1. The van der Waals surface area contributed by atoms with Crippen molar-refractivity contribution in [3.05, 3.63) is 59.2 Å². The number of anilines is 1. The van der Waals surface area contributed by atoms with Crippen LogP contribution in [0.3, 0.4) is 0 Å². The summed E-state index contributed by atoms with van der Waals surface area (Å²) in [5.41, 5.74) is 3.26. The minimum atomic E-state index is -0.222. The van der Waals surface area contributed by atoms with Crippen LogP contribution in [0.2, 0.25) is 0 Å². The number of nitrogens with zero attached hydrogens (tertiary/aromatic N) is 2. The zero-order valence-corrected chi connectivity index (χ0v) is 9.94. The summed E-state index contributed by atoms with van der Waals surface area (Å²) in [6.45, 7) is 2.36. The van der Waals surface area contributed by atoms with Gasteiger partial charge in [0.1, 0.15) is 11.5 Å². The van der Waals surface area contributed by atoms with Gasteiger partial charge in [-0.15, -0.1) is 0 Å². The van der Waals surface area contributed by atoms with Crippen molar-refractivity contribution in [1.29, 1.82) is 0 Å². The maximum atomic E-state index is 13.5. The molecule has 1 aliphatic heterocycles. The fourth-order valence-corrected chi connectivity index (χ4v) is 1.92. The van der Waals surface area contributed by atoms with Gasteiger partial charge in [0.05, 0.1) is 6.54 Å². The maximum absolute atomic E-state index is 13.5. The molecule has 0 atom stereocenters. The molecular formula is C14H12FN3. The fraction of sp³-hybridized carbons (Fsp3) is 0.143. The fourth-order valence-electron chi connectivity index (χ4n) is 1.92. The quantitative estimate of drug-likeness (QED) is 0.833. The molecule has 1 aromatic heterocycles. The molecule has 3 nitrogen and oxygen atoms in total. The highest BCUT2D eigenvalue weighted by Crippen LogP contribution is 2.19. The predicted octanol–water partition coefficient (Wildman–Crippen LogP) is 2.90. The summed E-state index contributed by atoms with van der Waals surface area (Å²) in [6, 6.07) is 8.94. The van der Waals surface area contributed by atoms with Gasteiger partial charge in [0.15, 0.2) is 5.84 Å². The van der Waals surface area contributed by atoms with Crippen molar-refractivity contribution in [2.45, 2.75) is 13.5 Å². The third-order valence-corrected chi connectivity index (χ3v) is 2.96. The SMILES string of the molecule is Cc1ccc(NC2=NCc3cccnc32)cc1F. The Balaban J connectivity index is 1.88. The summed E-state index contributed by atoms with van der Waals surface area (Å²) in [4.78, 5) is 8.66. The molecule has 0 aliphatic carbocycles. The molecule has 0 bridgehead atoms. The number of halogens is 1. The molecule has 0 unspecified atom stereocenters. The van der Waals surface area contributed by atoms with E-state index in [0.717, 1.165) is 11.3 Å². The topological polar surface area (TPSA) is 37.3 Å². The van der Waals surface area contributed by atoms with Crippen LogP contribution in [0.15, 0.2) is 41.5 Å². The highest BCUT2D eigenvalue weighted by atomic mass is 19.1. The Bertz CT molecular complexity index is 635. The molecule has 4 heteroatoms. The molecule has 0 amide bonds. The van der Waals surface area contributed by atoms with Gasteiger partial charge >= 0.3 is 0 Å². The first-order chi connectivity index (χ1) is 8.74. The molecule has 3 rings (SSSR count). The average molecular weight is 241 g/mol. The molecule has 0 saturated carbocycles. The lowest BCUT2D eigenvalue weighted by Gasteiger charge is -2.07. The molecule has 1 N–H and O–H groups in total. The first kappa shape index (κ1) is 10.9. The Morgan fingerprint density at radius 3 is 3.00 bits per heavy atom. The van der Waals surface area contributed by atoms with E-state index in [2.05, 4.69) is 15.3 Å². The number of aromatic nitrogens is 1. The third kappa shape index (κ3) is 1.86. The predicted molar refractivity (Wildman–Crippen MR) is 69.2 cm³/mol. The average Bonchev–Trinajstić information content (AvgIpc) is 2.78. The van der Waals surface area contributed by atoms with Crippen LogP contribution >= 0.6 is 0 Å². The van der Waals surface area contributed by atoms with Gasteiger partial charge in [-0.1, -0.05) is 12.1 Å². The number of nitrogens with one attached hydrogen (secondary N) is 1. The van der Waals surface area contributed by atoms with Crippen molar-refractivity contribution >= 4 is 11.5 Å². The Morgan fingerprint density at radius 2 is 2.17 bits per heavy atom. The second-order valence-corrected chi connectivity index (χ2v) is 4.26. The second kappa shape index (κ2) is 4.22. The van der Waals surface area contributed by atoms with Gasteiger partial charge in [0.2, 0.25) is 0 Å². The van der Waals surface area contributed by atoms with E-state index < -0.39 is 0 Å². The Morgan fingerprint density at radius 1 is 1.28 bits per heavy atom. The molecule has 1 aromatic carbocycles. The van der Waals surface area contributed by atoms with E-state index in [1.807, 2.05) is 18.2 Å². The minimum absolute atomic E-state index is 0.222. The van der Waals surface area contributed by atoms with Crippen LogP contribution in [0.25, 0.3) is 0 Å². The molecule has 0 fully saturated rings. The standard InChI is InChI=1S/C14H12FN3/c1-9-4-5-11(7-12(9)15)18-14-13-10(8-17-14)3-2-6-16-13/h2-7H,8H2,1H3,(H,17,18). The van der Waals surface area contributed by atoms with Crippen LogP contribution in [0.5, 0.6) is 0 Å². The normalized spacial score (nSPS) is 13.1. The molecule has 18 heavy (non-hydrogen) atoms. The Labute approximate surface area is 104 Å². The lowest BCUT2D eigenvalue weighted by molar-refractivity contribution is 0.619. The number of pyridine rings is 1. The number of aliphatic imine (C=N–C) groups is 1. The molecule has 0 radical (unpaired) electrons. The summed E-state index contributed by atoms with van der Waals surface area (Å²) in [6.07, 6.45) is 1.73. The highest BCUT2D eigenvalue weighted by molar-refractivity contribution is 6.09. The number of rotatable bonds is 1. The monoisotopic (exact) mass is 241 g/mol. The van der Waals surface area contributed by atoms with Gasteiger partial charge in [0.25, 0.3) is 0 Å². The first-order valence-corrected chi connectivity index (χ1v) is 5.76. The van der Waals surface area contributed by atoms with Crippen LogP contribution < -0.4 is 5.32 Å². The number of amidine groups is 1. The lowest BCUT2D eigenvalue weighted by atomic mass is 10.2. The number of hydrogen-bond donors (Lipinski definition) is 1. The van der Waals surface area contributed by atoms with Crippen molar-refractivity contribution < 1.29 is 4.39 Å². The second-order valence-electron chi connectivity index (χ2n) is 4.26. The first-order valence-electron chi connectivity index (χ1n) is 5.76. The summed E-state index contributed by atoms with van der Waals surface area (Å²) in [5.74, 6) is 0.480. The van der Waals surface area contributed by atoms with E-state index in [-0.39, 0.29) is 5.82 Å². The van der Waals surface area contributed by atoms with Crippen LogP contribution in [-0.4, -0.2) is 10.8 Å². The van der Waals surface area contributed by atoms with Gasteiger partial charge in [-0.05, 0) is 30.7 Å². The van der Waals surface area contributed by atoms with Crippen LogP contribution in [-0.2, 0) is 6.54 Å². The lowest BCUT2D eigenvalue weighted by Crippen LogP contribution is -2.13. The van der Waals surface area contributed by atoms with Crippen molar-refractivity contribution in [3.8, 4) is 0 Å². The van der Waals surface area contributed by atoms with E-state index in [1.54, 1.807) is 19.2 Å². The summed E-state index contributed by atoms with van der Waals surface area (Å²) in [5, 5.41) is 3.11. The van der Waals surface area contributed by atoms with E-state index in [4.69, 9.17) is 0 Å². The number of hydrogen-bond acceptors (Lipinski definition) is 3. The smallest absolute Gasteiger partial charge is 0.152 e. The Kier molecular flexibility index (Phi) is 2.55. The Hall–Kier alpha value is -2.23. The van der Waals surface area contributed by atoms with Crippen LogP contribution in [0.4, 0.5) is 10.1 Å². The van der Waals surface area contributed by atoms with Gasteiger partial charge < -0.3 is 5.32 Å². The highest BCUT2D eigenvalue weighted by Gasteiger charge is 2.16. The van der Waals surface area contributed by atoms with E-state index in [1.165, 1.54) is 6.07 Å². The molecule has 2 aromatic rings. The zero-order chi connectivity index (χ0) is 12.5. The van der Waals surface area contributed by atoms with Gasteiger partial charge in [-0.2, -0.15) is 0 Å². The van der Waals surface area contributed by atoms with E-state index in [0.29, 0.717) is 23.6 Å². The largest absolute Gasteiger partial charge is 0.339 e. The van der Waals surface area contributed by atoms with Crippen LogP contribution in [0.1, 0.15) is 16.8 Å². The van der Waals surface area contributed by atoms with Crippen LogP contribution in [0, 0.1) is 12.7 Å². The van der Waals surface area contributed by atoms with E-state index >= 15 is 0 Å². The van der Waals surface area contributed by atoms with Crippen molar-refractivity contribution in [2.24, 2.45) is 4.99 Å².